The van der Waals surface area contributed by atoms with Crippen LogP contribution >= 0.6 is 0 Å². The number of imidazole rings is 1. The molecule has 2 aromatic rings. The SMILES string of the molecule is COc1ccc2c(c1)CCCC2CNC(=O)N1CCCC(c2ncc[nH]2)C1. The molecule has 2 aliphatic rings. The number of piperidine rings is 1. The summed E-state index contributed by atoms with van der Waals surface area (Å²) in [4.78, 5) is 22.2. The fourth-order valence-electron chi connectivity index (χ4n) is 4.44. The Morgan fingerprint density at radius 2 is 2.30 bits per heavy atom. The number of likely N-dealkylation sites (tertiary alicyclic amines) is 1. The van der Waals surface area contributed by atoms with E-state index < -0.39 is 0 Å². The fraction of sp³-hybridized carbons (Fsp3) is 0.524. The minimum absolute atomic E-state index is 0.0480. The molecule has 6 heteroatoms. The van der Waals surface area contributed by atoms with E-state index in [1.807, 2.05) is 17.2 Å². The lowest BCUT2D eigenvalue weighted by atomic mass is 9.82. The van der Waals surface area contributed by atoms with Gasteiger partial charge in [-0.15, -0.1) is 0 Å². The highest BCUT2D eigenvalue weighted by atomic mass is 16.5. The zero-order chi connectivity index (χ0) is 18.6. The highest BCUT2D eigenvalue weighted by Gasteiger charge is 2.27. The van der Waals surface area contributed by atoms with E-state index in [1.54, 1.807) is 13.3 Å². The zero-order valence-electron chi connectivity index (χ0n) is 15.9. The standard InChI is InChI=1S/C21H28N4O2/c1-27-18-7-8-19-15(12-18)4-2-5-16(19)13-24-21(26)25-11-3-6-17(14-25)20-22-9-10-23-20/h7-10,12,16-17H,2-6,11,13-14H2,1H3,(H,22,23)(H,24,26). The molecule has 2 unspecified atom stereocenters. The number of aromatic nitrogens is 2. The van der Waals surface area contributed by atoms with Gasteiger partial charge in [0.2, 0.25) is 0 Å². The number of carbonyl (C=O) groups is 1. The third kappa shape index (κ3) is 3.94. The summed E-state index contributed by atoms with van der Waals surface area (Å²) < 4.78 is 5.35. The number of rotatable bonds is 4. The quantitative estimate of drug-likeness (QED) is 0.869. The number of hydrogen-bond acceptors (Lipinski definition) is 3. The zero-order valence-corrected chi connectivity index (χ0v) is 15.9. The normalized spacial score (nSPS) is 22.2. The Morgan fingerprint density at radius 3 is 3.11 bits per heavy atom. The number of ether oxygens (including phenoxy) is 1. The van der Waals surface area contributed by atoms with Crippen LogP contribution in [0.2, 0.25) is 0 Å². The first-order chi connectivity index (χ1) is 13.2. The lowest BCUT2D eigenvalue weighted by molar-refractivity contribution is 0.177. The number of fused-ring (bicyclic) bond motifs is 1. The minimum Gasteiger partial charge on any atom is -0.497 e. The van der Waals surface area contributed by atoms with Crippen LogP contribution in [0.25, 0.3) is 0 Å². The lowest BCUT2D eigenvalue weighted by Gasteiger charge is -2.33. The van der Waals surface area contributed by atoms with E-state index in [-0.39, 0.29) is 6.03 Å². The van der Waals surface area contributed by atoms with Gasteiger partial charge in [-0.2, -0.15) is 0 Å². The molecule has 1 aliphatic carbocycles. The van der Waals surface area contributed by atoms with Gasteiger partial charge in [0, 0.05) is 43.9 Å². The van der Waals surface area contributed by atoms with Crippen molar-refractivity contribution < 1.29 is 9.53 Å². The van der Waals surface area contributed by atoms with Crippen molar-refractivity contribution in [2.45, 2.75) is 43.9 Å². The molecule has 0 radical (unpaired) electrons. The molecule has 144 valence electrons. The lowest BCUT2D eigenvalue weighted by Crippen LogP contribution is -2.46. The molecule has 27 heavy (non-hydrogen) atoms. The predicted octanol–water partition coefficient (Wildman–Crippen LogP) is 3.43. The Hall–Kier alpha value is -2.50. The third-order valence-corrected chi connectivity index (χ3v) is 5.90. The average molecular weight is 368 g/mol. The first kappa shape index (κ1) is 17.9. The number of amides is 2. The van der Waals surface area contributed by atoms with Crippen molar-refractivity contribution in [3.05, 3.63) is 47.5 Å². The van der Waals surface area contributed by atoms with E-state index in [0.29, 0.717) is 18.4 Å². The molecule has 0 spiro atoms. The highest BCUT2D eigenvalue weighted by Crippen LogP contribution is 2.33. The van der Waals surface area contributed by atoms with Crippen molar-refractivity contribution in [2.75, 3.05) is 26.7 Å². The number of nitrogens with zero attached hydrogens (tertiary/aromatic N) is 2. The van der Waals surface area contributed by atoms with Crippen molar-refractivity contribution in [3.8, 4) is 5.75 Å². The topological polar surface area (TPSA) is 70.2 Å². The summed E-state index contributed by atoms with van der Waals surface area (Å²) in [5, 5.41) is 3.18. The van der Waals surface area contributed by atoms with Crippen molar-refractivity contribution in [1.82, 2.24) is 20.2 Å². The van der Waals surface area contributed by atoms with E-state index in [0.717, 1.165) is 56.8 Å². The fourth-order valence-corrected chi connectivity index (χ4v) is 4.44. The van der Waals surface area contributed by atoms with Gasteiger partial charge in [0.15, 0.2) is 0 Å². The van der Waals surface area contributed by atoms with Crippen LogP contribution < -0.4 is 10.1 Å². The molecule has 6 nitrogen and oxygen atoms in total. The Balaban J connectivity index is 1.36. The third-order valence-electron chi connectivity index (χ3n) is 5.90. The molecule has 0 bridgehead atoms. The molecule has 1 fully saturated rings. The van der Waals surface area contributed by atoms with Gasteiger partial charge >= 0.3 is 6.03 Å². The summed E-state index contributed by atoms with van der Waals surface area (Å²) in [6.07, 6.45) is 9.10. The number of urea groups is 1. The van der Waals surface area contributed by atoms with Gasteiger partial charge in [0.1, 0.15) is 11.6 Å². The van der Waals surface area contributed by atoms with Crippen LogP contribution in [0.1, 0.15) is 54.5 Å². The van der Waals surface area contributed by atoms with Crippen molar-refractivity contribution in [3.63, 3.8) is 0 Å². The van der Waals surface area contributed by atoms with E-state index in [4.69, 9.17) is 4.74 Å². The summed E-state index contributed by atoms with van der Waals surface area (Å²) in [6, 6.07) is 6.38. The maximum absolute atomic E-state index is 12.7. The van der Waals surface area contributed by atoms with E-state index >= 15 is 0 Å². The molecule has 2 heterocycles. The van der Waals surface area contributed by atoms with Gasteiger partial charge in [-0.3, -0.25) is 0 Å². The molecular formula is C21H28N4O2. The predicted molar refractivity (Wildman–Crippen MR) is 104 cm³/mol. The van der Waals surface area contributed by atoms with Gasteiger partial charge < -0.3 is 19.9 Å². The summed E-state index contributed by atoms with van der Waals surface area (Å²) in [6.45, 7) is 2.25. The maximum Gasteiger partial charge on any atom is 0.317 e. The first-order valence-electron chi connectivity index (χ1n) is 9.93. The summed E-state index contributed by atoms with van der Waals surface area (Å²) in [7, 11) is 1.71. The molecule has 4 rings (SSSR count). The summed E-state index contributed by atoms with van der Waals surface area (Å²) in [5.41, 5.74) is 2.71. The Kier molecular flexibility index (Phi) is 5.32. The molecule has 0 saturated carbocycles. The number of benzene rings is 1. The van der Waals surface area contributed by atoms with Crippen LogP contribution in [-0.4, -0.2) is 47.6 Å². The van der Waals surface area contributed by atoms with Gasteiger partial charge in [-0.1, -0.05) is 6.07 Å². The van der Waals surface area contributed by atoms with E-state index in [9.17, 15) is 4.79 Å². The van der Waals surface area contributed by atoms with Crippen LogP contribution in [0.4, 0.5) is 4.79 Å². The molecule has 2 atom stereocenters. The summed E-state index contributed by atoms with van der Waals surface area (Å²) in [5.74, 6) is 2.59. The Morgan fingerprint density at radius 1 is 1.37 bits per heavy atom. The maximum atomic E-state index is 12.7. The number of hydrogen-bond donors (Lipinski definition) is 2. The second kappa shape index (κ2) is 8.03. The number of methoxy groups -OCH3 is 1. The van der Waals surface area contributed by atoms with E-state index in [1.165, 1.54) is 11.1 Å². The van der Waals surface area contributed by atoms with E-state index in [2.05, 4.69) is 27.4 Å². The minimum atomic E-state index is 0.0480. The number of carbonyl (C=O) groups excluding carboxylic acids is 1. The molecule has 2 N–H and O–H groups in total. The molecule has 1 aromatic carbocycles. The second-order valence-electron chi connectivity index (χ2n) is 7.60. The Labute approximate surface area is 160 Å². The average Bonchev–Trinajstić information content (AvgIpc) is 3.26. The number of aromatic amines is 1. The smallest absolute Gasteiger partial charge is 0.317 e. The number of H-pyrrole nitrogens is 1. The van der Waals surface area contributed by atoms with Crippen molar-refractivity contribution in [2.24, 2.45) is 0 Å². The van der Waals surface area contributed by atoms with Crippen LogP contribution in [-0.2, 0) is 6.42 Å². The van der Waals surface area contributed by atoms with Gasteiger partial charge in [0.05, 0.1) is 7.11 Å². The molecule has 1 aliphatic heterocycles. The van der Waals surface area contributed by atoms with Gasteiger partial charge in [-0.05, 0) is 55.4 Å². The Bertz CT molecular complexity index is 774. The second-order valence-corrected chi connectivity index (χ2v) is 7.60. The monoisotopic (exact) mass is 368 g/mol. The van der Waals surface area contributed by atoms with Gasteiger partial charge in [-0.25, -0.2) is 9.78 Å². The van der Waals surface area contributed by atoms with Crippen molar-refractivity contribution >= 4 is 6.03 Å². The van der Waals surface area contributed by atoms with Crippen LogP contribution in [0.15, 0.2) is 30.6 Å². The molecule has 1 aromatic heterocycles. The highest BCUT2D eigenvalue weighted by molar-refractivity contribution is 5.74. The molecule has 1 saturated heterocycles. The largest absolute Gasteiger partial charge is 0.497 e. The van der Waals surface area contributed by atoms with Crippen molar-refractivity contribution in [1.29, 1.82) is 0 Å². The summed E-state index contributed by atoms with van der Waals surface area (Å²) >= 11 is 0. The number of aryl methyl sites for hydroxylation is 1. The van der Waals surface area contributed by atoms with Crippen LogP contribution in [0.5, 0.6) is 5.75 Å². The molecular weight excluding hydrogens is 340 g/mol. The van der Waals surface area contributed by atoms with Crippen LogP contribution in [0, 0.1) is 0 Å². The van der Waals surface area contributed by atoms with Gasteiger partial charge in [0.25, 0.3) is 0 Å². The first-order valence-corrected chi connectivity index (χ1v) is 9.93. The number of nitrogens with one attached hydrogen (secondary N) is 2. The molecule has 2 amide bonds. The van der Waals surface area contributed by atoms with Crippen LogP contribution in [0.3, 0.4) is 0 Å².